The molecule has 4 rings (SSSR count). The second-order valence-electron chi connectivity index (χ2n) is 8.35. The zero-order valence-electron chi connectivity index (χ0n) is 19.3. The van der Waals surface area contributed by atoms with Crippen LogP contribution in [0.25, 0.3) is 5.57 Å². The minimum atomic E-state index is -0.328. The predicted octanol–water partition coefficient (Wildman–Crippen LogP) is 2.85. The van der Waals surface area contributed by atoms with Gasteiger partial charge in [-0.3, -0.25) is 9.59 Å². The Hall–Kier alpha value is -3.32. The standard InChI is InChI=1S/C25H29N3O4/c1-16-6-7-21(17(2)12-16)22-23(27-10-8-26(3)9-11-27)25(30)28(24(22)29)18-13-19(31-4)15-20(14-18)32-5/h6-7,12-15H,8-11H2,1-5H3. The molecular weight excluding hydrogens is 406 g/mol. The van der Waals surface area contributed by atoms with Crippen molar-refractivity contribution in [3.8, 4) is 11.5 Å². The summed E-state index contributed by atoms with van der Waals surface area (Å²) in [6.07, 6.45) is 0. The first-order valence-corrected chi connectivity index (χ1v) is 10.7. The first kappa shape index (κ1) is 21.9. The van der Waals surface area contributed by atoms with E-state index in [4.69, 9.17) is 9.47 Å². The summed E-state index contributed by atoms with van der Waals surface area (Å²) in [5, 5.41) is 0. The van der Waals surface area contributed by atoms with Gasteiger partial charge in [0, 0.05) is 44.4 Å². The van der Waals surface area contributed by atoms with Crippen LogP contribution in [-0.2, 0) is 9.59 Å². The molecule has 0 aromatic heterocycles. The molecule has 2 aromatic rings. The minimum Gasteiger partial charge on any atom is -0.497 e. The molecule has 1 saturated heterocycles. The van der Waals surface area contributed by atoms with E-state index in [1.807, 2.05) is 36.9 Å². The van der Waals surface area contributed by atoms with Crippen molar-refractivity contribution in [3.63, 3.8) is 0 Å². The molecule has 32 heavy (non-hydrogen) atoms. The largest absolute Gasteiger partial charge is 0.497 e. The van der Waals surface area contributed by atoms with Crippen LogP contribution in [0.2, 0.25) is 0 Å². The summed E-state index contributed by atoms with van der Waals surface area (Å²) in [5.41, 5.74) is 4.23. The molecule has 0 saturated carbocycles. The molecule has 0 spiro atoms. The van der Waals surface area contributed by atoms with Crippen molar-refractivity contribution in [1.29, 1.82) is 0 Å². The molecule has 0 aliphatic carbocycles. The van der Waals surface area contributed by atoms with Gasteiger partial charge in [0.15, 0.2) is 0 Å². The number of methoxy groups -OCH3 is 2. The zero-order chi connectivity index (χ0) is 23.0. The fourth-order valence-electron chi connectivity index (χ4n) is 4.33. The van der Waals surface area contributed by atoms with Crippen LogP contribution in [0.3, 0.4) is 0 Å². The van der Waals surface area contributed by atoms with Gasteiger partial charge in [0.25, 0.3) is 11.8 Å². The summed E-state index contributed by atoms with van der Waals surface area (Å²) in [7, 11) is 5.15. The van der Waals surface area contributed by atoms with Crippen molar-refractivity contribution >= 4 is 23.1 Å². The number of rotatable bonds is 5. The Morgan fingerprint density at radius 2 is 1.44 bits per heavy atom. The highest BCUT2D eigenvalue weighted by atomic mass is 16.5. The Morgan fingerprint density at radius 1 is 0.812 bits per heavy atom. The van der Waals surface area contributed by atoms with E-state index in [0.717, 1.165) is 29.8 Å². The lowest BCUT2D eigenvalue weighted by molar-refractivity contribution is -0.120. The molecular formula is C25H29N3O4. The fraction of sp³-hybridized carbons (Fsp3) is 0.360. The third-order valence-electron chi connectivity index (χ3n) is 6.12. The lowest BCUT2D eigenvalue weighted by Gasteiger charge is -2.34. The number of aryl methyl sites for hydroxylation is 2. The van der Waals surface area contributed by atoms with Gasteiger partial charge in [0.1, 0.15) is 17.2 Å². The van der Waals surface area contributed by atoms with Crippen LogP contribution < -0.4 is 14.4 Å². The van der Waals surface area contributed by atoms with E-state index in [1.54, 1.807) is 32.4 Å². The summed E-state index contributed by atoms with van der Waals surface area (Å²) in [5.74, 6) is 0.387. The minimum absolute atomic E-state index is 0.315. The number of hydrogen-bond acceptors (Lipinski definition) is 6. The van der Waals surface area contributed by atoms with Crippen LogP contribution in [0.5, 0.6) is 11.5 Å². The molecule has 2 aromatic carbocycles. The number of hydrogen-bond donors (Lipinski definition) is 0. The lowest BCUT2D eigenvalue weighted by Crippen LogP contribution is -2.46. The summed E-state index contributed by atoms with van der Waals surface area (Å²) in [6, 6.07) is 11.0. The molecule has 2 aliphatic rings. The van der Waals surface area contributed by atoms with Gasteiger partial charge >= 0.3 is 0 Å². The number of ether oxygens (including phenoxy) is 2. The van der Waals surface area contributed by atoms with E-state index in [0.29, 0.717) is 41.5 Å². The molecule has 0 radical (unpaired) electrons. The van der Waals surface area contributed by atoms with Crippen molar-refractivity contribution < 1.29 is 19.1 Å². The van der Waals surface area contributed by atoms with Crippen molar-refractivity contribution in [3.05, 3.63) is 58.8 Å². The number of carbonyl (C=O) groups is 2. The predicted molar refractivity (Wildman–Crippen MR) is 124 cm³/mol. The maximum atomic E-state index is 13.8. The number of anilines is 1. The molecule has 2 amide bonds. The van der Waals surface area contributed by atoms with Crippen LogP contribution in [0.15, 0.2) is 42.1 Å². The Morgan fingerprint density at radius 3 is 2.00 bits per heavy atom. The third kappa shape index (κ3) is 3.84. The van der Waals surface area contributed by atoms with Gasteiger partial charge in [-0.15, -0.1) is 0 Å². The molecule has 1 fully saturated rings. The topological polar surface area (TPSA) is 62.3 Å². The molecule has 7 nitrogen and oxygen atoms in total. The van der Waals surface area contributed by atoms with Gasteiger partial charge in [-0.25, -0.2) is 4.90 Å². The van der Waals surface area contributed by atoms with Crippen molar-refractivity contribution in [1.82, 2.24) is 9.80 Å². The van der Waals surface area contributed by atoms with E-state index in [-0.39, 0.29) is 11.8 Å². The SMILES string of the molecule is COc1cc(OC)cc(N2C(=O)C(c3ccc(C)cc3C)=C(N3CCN(C)CC3)C2=O)c1. The maximum Gasteiger partial charge on any atom is 0.282 e. The quantitative estimate of drug-likeness (QED) is 0.673. The molecule has 7 heteroatoms. The Labute approximate surface area is 188 Å². The molecule has 168 valence electrons. The Bertz CT molecular complexity index is 1080. The van der Waals surface area contributed by atoms with Gasteiger partial charge in [-0.1, -0.05) is 23.8 Å². The summed E-state index contributed by atoms with van der Waals surface area (Å²) in [4.78, 5) is 33.1. The van der Waals surface area contributed by atoms with Crippen molar-refractivity contribution in [2.75, 3.05) is 52.3 Å². The number of imide groups is 1. The van der Waals surface area contributed by atoms with Crippen LogP contribution in [0.4, 0.5) is 5.69 Å². The number of piperazine rings is 1. The third-order valence-corrected chi connectivity index (χ3v) is 6.12. The highest BCUT2D eigenvalue weighted by Crippen LogP contribution is 2.38. The van der Waals surface area contributed by atoms with Crippen molar-refractivity contribution in [2.45, 2.75) is 13.8 Å². The first-order chi connectivity index (χ1) is 15.3. The molecule has 0 bridgehead atoms. The van der Waals surface area contributed by atoms with Crippen LogP contribution >= 0.6 is 0 Å². The zero-order valence-corrected chi connectivity index (χ0v) is 19.3. The van der Waals surface area contributed by atoms with Gasteiger partial charge in [-0.05, 0) is 32.0 Å². The van der Waals surface area contributed by atoms with Gasteiger partial charge in [0.2, 0.25) is 0 Å². The molecule has 2 aliphatic heterocycles. The highest BCUT2D eigenvalue weighted by Gasteiger charge is 2.43. The number of nitrogens with zero attached hydrogens (tertiary/aromatic N) is 3. The summed E-state index contributed by atoms with van der Waals surface area (Å²) >= 11 is 0. The van der Waals surface area contributed by atoms with E-state index >= 15 is 0 Å². The monoisotopic (exact) mass is 435 g/mol. The maximum absolute atomic E-state index is 13.8. The molecule has 2 heterocycles. The average Bonchev–Trinajstić information content (AvgIpc) is 3.04. The summed E-state index contributed by atoms with van der Waals surface area (Å²) < 4.78 is 10.7. The average molecular weight is 436 g/mol. The molecule has 0 unspecified atom stereocenters. The van der Waals surface area contributed by atoms with E-state index in [9.17, 15) is 9.59 Å². The van der Waals surface area contributed by atoms with Crippen LogP contribution in [-0.4, -0.2) is 69.1 Å². The van der Waals surface area contributed by atoms with Gasteiger partial charge < -0.3 is 19.3 Å². The van der Waals surface area contributed by atoms with Gasteiger partial charge in [0.05, 0.1) is 25.5 Å². The number of likely N-dealkylation sites (N-methyl/N-ethyl adjacent to an activating group) is 1. The second kappa shape index (κ2) is 8.67. The highest BCUT2D eigenvalue weighted by molar-refractivity contribution is 6.45. The van der Waals surface area contributed by atoms with E-state index in [2.05, 4.69) is 11.9 Å². The number of benzene rings is 2. The van der Waals surface area contributed by atoms with Crippen molar-refractivity contribution in [2.24, 2.45) is 0 Å². The lowest BCUT2D eigenvalue weighted by atomic mass is 9.97. The Balaban J connectivity index is 1.85. The van der Waals surface area contributed by atoms with E-state index < -0.39 is 0 Å². The normalized spacial score (nSPS) is 17.4. The first-order valence-electron chi connectivity index (χ1n) is 10.7. The molecule has 0 atom stereocenters. The number of amides is 2. The fourth-order valence-corrected chi connectivity index (χ4v) is 4.33. The summed E-state index contributed by atoms with van der Waals surface area (Å²) in [6.45, 7) is 7.04. The molecule has 0 N–H and O–H groups in total. The number of carbonyl (C=O) groups excluding carboxylic acids is 2. The Kier molecular flexibility index (Phi) is 5.93. The van der Waals surface area contributed by atoms with E-state index in [1.165, 1.54) is 4.90 Å². The van der Waals surface area contributed by atoms with Crippen LogP contribution in [0.1, 0.15) is 16.7 Å². The van der Waals surface area contributed by atoms with Gasteiger partial charge in [-0.2, -0.15) is 0 Å². The smallest absolute Gasteiger partial charge is 0.282 e. The van der Waals surface area contributed by atoms with Crippen LogP contribution in [0, 0.1) is 13.8 Å². The second-order valence-corrected chi connectivity index (χ2v) is 8.35.